The lowest BCUT2D eigenvalue weighted by atomic mass is 10.0. The van der Waals surface area contributed by atoms with Gasteiger partial charge in [0.25, 0.3) is 5.56 Å². The topological polar surface area (TPSA) is 75.4 Å². The number of carbonyl (C=O) groups is 1. The van der Waals surface area contributed by atoms with Gasteiger partial charge in [0, 0.05) is 39.0 Å². The van der Waals surface area contributed by atoms with Gasteiger partial charge in [0.15, 0.2) is 5.82 Å². The second-order valence-electron chi connectivity index (χ2n) is 4.70. The number of hydrogen-bond donors (Lipinski definition) is 1. The van der Waals surface area contributed by atoms with E-state index in [4.69, 9.17) is 5.11 Å². The molecule has 0 spiro atoms. The first kappa shape index (κ1) is 12.6. The van der Waals surface area contributed by atoms with E-state index < -0.39 is 5.97 Å². The van der Waals surface area contributed by atoms with Crippen molar-refractivity contribution in [2.75, 3.05) is 18.0 Å². The maximum Gasteiger partial charge on any atom is 0.303 e. The maximum atomic E-state index is 11.9. The molecule has 1 aromatic heterocycles. The van der Waals surface area contributed by atoms with E-state index >= 15 is 0 Å². The van der Waals surface area contributed by atoms with Gasteiger partial charge in [0.05, 0.1) is 0 Å². The predicted octanol–water partition coefficient (Wildman–Crippen LogP) is 0.471. The highest BCUT2D eigenvalue weighted by atomic mass is 16.4. The first-order valence-corrected chi connectivity index (χ1v) is 6.06. The summed E-state index contributed by atoms with van der Waals surface area (Å²) in [4.78, 5) is 28.5. The average Bonchev–Trinajstić information content (AvgIpc) is 2.78. The monoisotopic (exact) mass is 251 g/mol. The molecule has 98 valence electrons. The fraction of sp³-hybridized carbons (Fsp3) is 0.583. The van der Waals surface area contributed by atoms with Gasteiger partial charge in [-0.05, 0) is 18.8 Å². The zero-order valence-corrected chi connectivity index (χ0v) is 10.4. The lowest BCUT2D eigenvalue weighted by Crippen LogP contribution is -2.30. The molecule has 2 rings (SSSR count). The smallest absolute Gasteiger partial charge is 0.303 e. The fourth-order valence-electron chi connectivity index (χ4n) is 2.29. The Bertz CT molecular complexity index is 498. The van der Waals surface area contributed by atoms with Crippen LogP contribution in [-0.4, -0.2) is 33.7 Å². The molecular weight excluding hydrogens is 234 g/mol. The Hall–Kier alpha value is -1.85. The number of nitrogens with zero attached hydrogens (tertiary/aromatic N) is 3. The summed E-state index contributed by atoms with van der Waals surface area (Å²) < 4.78 is 1.51. The van der Waals surface area contributed by atoms with E-state index in [2.05, 4.69) is 4.98 Å². The summed E-state index contributed by atoms with van der Waals surface area (Å²) in [5.41, 5.74) is -0.101. The number of anilines is 1. The first-order chi connectivity index (χ1) is 8.58. The van der Waals surface area contributed by atoms with E-state index in [0.29, 0.717) is 18.2 Å². The second kappa shape index (κ2) is 5.20. The van der Waals surface area contributed by atoms with Crippen LogP contribution in [-0.2, 0) is 11.8 Å². The predicted molar refractivity (Wildman–Crippen MR) is 66.7 cm³/mol. The van der Waals surface area contributed by atoms with E-state index in [9.17, 15) is 9.59 Å². The lowest BCUT2D eigenvalue weighted by molar-refractivity contribution is -0.137. The maximum absolute atomic E-state index is 11.9. The highest BCUT2D eigenvalue weighted by Crippen LogP contribution is 2.23. The Morgan fingerprint density at radius 1 is 1.61 bits per heavy atom. The third-order valence-corrected chi connectivity index (χ3v) is 3.35. The Labute approximate surface area is 105 Å². The SMILES string of the molecule is Cn1ccnc(N2CCC(CCC(=O)O)C2)c1=O. The molecule has 6 heteroatoms. The molecule has 1 unspecified atom stereocenters. The van der Waals surface area contributed by atoms with Crippen LogP contribution in [0.2, 0.25) is 0 Å². The van der Waals surface area contributed by atoms with Crippen LogP contribution in [0.1, 0.15) is 19.3 Å². The van der Waals surface area contributed by atoms with Crippen molar-refractivity contribution in [1.29, 1.82) is 0 Å². The quantitative estimate of drug-likeness (QED) is 0.842. The van der Waals surface area contributed by atoms with Crippen LogP contribution in [0, 0.1) is 5.92 Å². The van der Waals surface area contributed by atoms with Gasteiger partial charge in [0.1, 0.15) is 0 Å². The molecule has 1 atom stereocenters. The van der Waals surface area contributed by atoms with Crippen LogP contribution < -0.4 is 10.5 Å². The number of aliphatic carboxylic acids is 1. The van der Waals surface area contributed by atoms with Crippen molar-refractivity contribution in [3.05, 3.63) is 22.7 Å². The Kier molecular flexibility index (Phi) is 3.64. The van der Waals surface area contributed by atoms with Crippen LogP contribution in [0.25, 0.3) is 0 Å². The molecule has 0 saturated carbocycles. The summed E-state index contributed by atoms with van der Waals surface area (Å²) in [5, 5.41) is 8.66. The second-order valence-corrected chi connectivity index (χ2v) is 4.70. The number of rotatable bonds is 4. The summed E-state index contributed by atoms with van der Waals surface area (Å²) in [6.07, 6.45) is 5.02. The minimum Gasteiger partial charge on any atom is -0.481 e. The van der Waals surface area contributed by atoms with E-state index in [1.807, 2.05) is 4.90 Å². The van der Waals surface area contributed by atoms with Gasteiger partial charge in [0.2, 0.25) is 0 Å². The Morgan fingerprint density at radius 2 is 2.39 bits per heavy atom. The first-order valence-electron chi connectivity index (χ1n) is 6.06. The van der Waals surface area contributed by atoms with Gasteiger partial charge in [-0.2, -0.15) is 0 Å². The largest absolute Gasteiger partial charge is 0.481 e. The van der Waals surface area contributed by atoms with Crippen LogP contribution >= 0.6 is 0 Å². The summed E-state index contributed by atoms with van der Waals surface area (Å²) in [6, 6.07) is 0. The highest BCUT2D eigenvalue weighted by Gasteiger charge is 2.25. The van der Waals surface area contributed by atoms with Crippen molar-refractivity contribution in [3.63, 3.8) is 0 Å². The molecule has 1 aliphatic heterocycles. The van der Waals surface area contributed by atoms with Crippen molar-refractivity contribution in [3.8, 4) is 0 Å². The molecule has 1 saturated heterocycles. The summed E-state index contributed by atoms with van der Waals surface area (Å²) in [6.45, 7) is 1.50. The minimum atomic E-state index is -0.762. The molecule has 18 heavy (non-hydrogen) atoms. The van der Waals surface area contributed by atoms with Crippen molar-refractivity contribution in [2.45, 2.75) is 19.3 Å². The van der Waals surface area contributed by atoms with Gasteiger partial charge in [-0.25, -0.2) is 4.98 Å². The molecule has 6 nitrogen and oxygen atoms in total. The molecule has 1 aromatic rings. The standard InChI is InChI=1S/C12H17N3O3/c1-14-7-5-13-11(12(14)18)15-6-4-9(8-15)2-3-10(16)17/h5,7,9H,2-4,6,8H2,1H3,(H,16,17). The van der Waals surface area contributed by atoms with E-state index in [-0.39, 0.29) is 12.0 Å². The van der Waals surface area contributed by atoms with E-state index in [1.54, 1.807) is 19.4 Å². The molecule has 0 aromatic carbocycles. The van der Waals surface area contributed by atoms with Gasteiger partial charge in [-0.15, -0.1) is 0 Å². The molecule has 1 N–H and O–H groups in total. The summed E-state index contributed by atoms with van der Waals surface area (Å²) in [7, 11) is 1.70. The number of aromatic nitrogens is 2. The third kappa shape index (κ3) is 2.69. The van der Waals surface area contributed by atoms with Gasteiger partial charge < -0.3 is 14.6 Å². The zero-order chi connectivity index (χ0) is 13.1. The number of hydrogen-bond acceptors (Lipinski definition) is 4. The van der Waals surface area contributed by atoms with Gasteiger partial charge in [-0.3, -0.25) is 9.59 Å². The normalized spacial score (nSPS) is 19.2. The van der Waals surface area contributed by atoms with Crippen molar-refractivity contribution in [1.82, 2.24) is 9.55 Å². The van der Waals surface area contributed by atoms with Crippen molar-refractivity contribution < 1.29 is 9.90 Å². The number of carboxylic acids is 1. The van der Waals surface area contributed by atoms with Crippen LogP contribution in [0.15, 0.2) is 17.2 Å². The summed E-state index contributed by atoms with van der Waals surface area (Å²) in [5.74, 6) is 0.0489. The molecule has 0 amide bonds. The molecule has 1 fully saturated rings. The van der Waals surface area contributed by atoms with Gasteiger partial charge in [-0.1, -0.05) is 0 Å². The van der Waals surface area contributed by atoms with E-state index in [1.165, 1.54) is 4.57 Å². The Morgan fingerprint density at radius 3 is 3.11 bits per heavy atom. The minimum absolute atomic E-state index is 0.101. The molecule has 2 heterocycles. The molecule has 0 aliphatic carbocycles. The molecule has 0 radical (unpaired) electrons. The molecule has 1 aliphatic rings. The van der Waals surface area contributed by atoms with Gasteiger partial charge >= 0.3 is 5.97 Å². The zero-order valence-electron chi connectivity index (χ0n) is 10.4. The molecular formula is C12H17N3O3. The van der Waals surface area contributed by atoms with Crippen molar-refractivity contribution >= 4 is 11.8 Å². The third-order valence-electron chi connectivity index (χ3n) is 3.35. The highest BCUT2D eigenvalue weighted by molar-refractivity contribution is 5.66. The average molecular weight is 251 g/mol. The molecule has 0 bridgehead atoms. The van der Waals surface area contributed by atoms with Crippen LogP contribution in [0.4, 0.5) is 5.82 Å². The Balaban J connectivity index is 2.02. The number of aryl methyl sites for hydroxylation is 1. The summed E-state index contributed by atoms with van der Waals surface area (Å²) >= 11 is 0. The van der Waals surface area contributed by atoms with E-state index in [0.717, 1.165) is 19.5 Å². The van der Waals surface area contributed by atoms with Crippen LogP contribution in [0.3, 0.4) is 0 Å². The number of carboxylic acid groups (broad SMARTS) is 1. The fourth-order valence-corrected chi connectivity index (χ4v) is 2.29. The lowest BCUT2D eigenvalue weighted by Gasteiger charge is -2.16. The van der Waals surface area contributed by atoms with Crippen LogP contribution in [0.5, 0.6) is 0 Å². The van der Waals surface area contributed by atoms with Crippen molar-refractivity contribution in [2.24, 2.45) is 13.0 Å².